The number of nitrogens with one attached hydrogen (secondary N) is 1. The molecule has 0 radical (unpaired) electrons. The van der Waals surface area contributed by atoms with E-state index in [9.17, 15) is 18.0 Å². The van der Waals surface area contributed by atoms with Gasteiger partial charge in [0, 0.05) is 19.1 Å². The maximum absolute atomic E-state index is 13.1. The van der Waals surface area contributed by atoms with Crippen molar-refractivity contribution in [1.29, 1.82) is 0 Å². The Labute approximate surface area is 198 Å². The number of esters is 1. The van der Waals surface area contributed by atoms with E-state index in [1.54, 1.807) is 26.0 Å². The second-order valence-corrected chi connectivity index (χ2v) is 11.8. The van der Waals surface area contributed by atoms with Gasteiger partial charge in [0.05, 0.1) is 10.8 Å². The minimum atomic E-state index is -3.60. The van der Waals surface area contributed by atoms with Crippen LogP contribution in [0, 0.1) is 31.6 Å². The van der Waals surface area contributed by atoms with Crippen molar-refractivity contribution in [3.8, 4) is 0 Å². The SMILES string of the molecule is Cc1ccc(S(=O)(=O)N2CCC(C(=O)O[C@@H](C)C(=O)N[C@H]3CCC[C@H](C)[C@@H]3C)CC2)c(C)c1. The highest BCUT2D eigenvalue weighted by Crippen LogP contribution is 2.30. The summed E-state index contributed by atoms with van der Waals surface area (Å²) in [5.74, 6) is -0.129. The van der Waals surface area contributed by atoms with Gasteiger partial charge in [-0.25, -0.2) is 8.42 Å². The summed E-state index contributed by atoms with van der Waals surface area (Å²) < 4.78 is 33.0. The van der Waals surface area contributed by atoms with Crippen LogP contribution in [0.3, 0.4) is 0 Å². The van der Waals surface area contributed by atoms with E-state index in [0.717, 1.165) is 24.0 Å². The number of amides is 1. The van der Waals surface area contributed by atoms with Gasteiger partial charge in [-0.3, -0.25) is 9.59 Å². The van der Waals surface area contributed by atoms with Gasteiger partial charge in [0.15, 0.2) is 6.10 Å². The highest BCUT2D eigenvalue weighted by atomic mass is 32.2. The van der Waals surface area contributed by atoms with Crippen LogP contribution < -0.4 is 5.32 Å². The van der Waals surface area contributed by atoms with E-state index < -0.39 is 28.0 Å². The van der Waals surface area contributed by atoms with E-state index in [2.05, 4.69) is 19.2 Å². The lowest BCUT2D eigenvalue weighted by atomic mass is 9.78. The van der Waals surface area contributed by atoms with Crippen molar-refractivity contribution in [2.45, 2.75) is 83.8 Å². The summed E-state index contributed by atoms with van der Waals surface area (Å²) in [6.45, 7) is 10.2. The molecule has 2 fully saturated rings. The summed E-state index contributed by atoms with van der Waals surface area (Å²) in [5.41, 5.74) is 1.73. The van der Waals surface area contributed by atoms with Crippen LogP contribution in [0.1, 0.15) is 64.0 Å². The second-order valence-electron chi connectivity index (χ2n) is 9.91. The van der Waals surface area contributed by atoms with Crippen LogP contribution in [0.5, 0.6) is 0 Å². The van der Waals surface area contributed by atoms with Gasteiger partial charge in [-0.15, -0.1) is 0 Å². The predicted molar refractivity (Wildman–Crippen MR) is 127 cm³/mol. The molecule has 33 heavy (non-hydrogen) atoms. The number of carbonyl (C=O) groups is 2. The molecular formula is C25H38N2O5S. The Balaban J connectivity index is 1.52. The molecule has 1 saturated heterocycles. The number of rotatable bonds is 6. The number of benzene rings is 1. The van der Waals surface area contributed by atoms with E-state index >= 15 is 0 Å². The molecule has 184 valence electrons. The highest BCUT2D eigenvalue weighted by Gasteiger charge is 2.35. The Morgan fingerprint density at radius 1 is 1.09 bits per heavy atom. The molecule has 1 aromatic rings. The van der Waals surface area contributed by atoms with Crippen LogP contribution >= 0.6 is 0 Å². The lowest BCUT2D eigenvalue weighted by Gasteiger charge is -2.35. The first-order chi connectivity index (χ1) is 15.5. The molecule has 0 aromatic heterocycles. The van der Waals surface area contributed by atoms with E-state index in [1.807, 2.05) is 13.0 Å². The topological polar surface area (TPSA) is 92.8 Å². The van der Waals surface area contributed by atoms with E-state index in [1.165, 1.54) is 10.7 Å². The molecule has 1 aliphatic carbocycles. The number of aryl methyl sites for hydroxylation is 2. The summed E-state index contributed by atoms with van der Waals surface area (Å²) in [4.78, 5) is 25.6. The minimum absolute atomic E-state index is 0.112. The van der Waals surface area contributed by atoms with Gasteiger partial charge in [0.2, 0.25) is 10.0 Å². The van der Waals surface area contributed by atoms with Gasteiger partial charge in [-0.1, -0.05) is 44.4 Å². The largest absolute Gasteiger partial charge is 0.452 e. The number of carbonyl (C=O) groups excluding carboxylic acids is 2. The number of hydrogen-bond acceptors (Lipinski definition) is 5. The number of nitrogens with zero attached hydrogens (tertiary/aromatic N) is 1. The van der Waals surface area contributed by atoms with Crippen LogP contribution in [0.25, 0.3) is 0 Å². The zero-order valence-corrected chi connectivity index (χ0v) is 21.3. The Hall–Kier alpha value is -1.93. The number of piperidine rings is 1. The lowest BCUT2D eigenvalue weighted by molar-refractivity contribution is -0.160. The summed E-state index contributed by atoms with van der Waals surface area (Å²) >= 11 is 0. The number of sulfonamides is 1. The Kier molecular flexibility index (Phi) is 8.22. The van der Waals surface area contributed by atoms with Crippen LogP contribution in [0.4, 0.5) is 0 Å². The second kappa shape index (κ2) is 10.6. The molecule has 4 atom stereocenters. The first kappa shape index (κ1) is 25.7. The van der Waals surface area contributed by atoms with Gasteiger partial charge in [-0.2, -0.15) is 4.31 Å². The highest BCUT2D eigenvalue weighted by molar-refractivity contribution is 7.89. The molecule has 0 bridgehead atoms. The lowest BCUT2D eigenvalue weighted by Crippen LogP contribution is -2.48. The van der Waals surface area contributed by atoms with Crippen LogP contribution in [0.15, 0.2) is 23.1 Å². The molecule has 0 unspecified atom stereocenters. The molecule has 1 amide bonds. The van der Waals surface area contributed by atoms with Crippen molar-refractivity contribution >= 4 is 21.9 Å². The monoisotopic (exact) mass is 478 g/mol. The maximum Gasteiger partial charge on any atom is 0.309 e. The van der Waals surface area contributed by atoms with Crippen LogP contribution in [-0.4, -0.2) is 49.8 Å². The Morgan fingerprint density at radius 2 is 1.76 bits per heavy atom. The Morgan fingerprint density at radius 3 is 2.39 bits per heavy atom. The molecule has 0 spiro atoms. The number of ether oxygens (including phenoxy) is 1. The average molecular weight is 479 g/mol. The quantitative estimate of drug-likeness (QED) is 0.631. The van der Waals surface area contributed by atoms with Gasteiger partial charge < -0.3 is 10.1 Å². The fourth-order valence-corrected chi connectivity index (χ4v) is 6.64. The van der Waals surface area contributed by atoms with Crippen molar-refractivity contribution in [2.24, 2.45) is 17.8 Å². The third-order valence-electron chi connectivity index (χ3n) is 7.43. The molecule has 2 aliphatic rings. The smallest absolute Gasteiger partial charge is 0.309 e. The zero-order valence-electron chi connectivity index (χ0n) is 20.5. The fraction of sp³-hybridized carbons (Fsp3) is 0.680. The molecule has 3 rings (SSSR count). The van der Waals surface area contributed by atoms with E-state index in [0.29, 0.717) is 29.6 Å². The molecule has 1 aromatic carbocycles. The van der Waals surface area contributed by atoms with Crippen LogP contribution in [0.2, 0.25) is 0 Å². The molecule has 1 N–H and O–H groups in total. The fourth-order valence-electron chi connectivity index (χ4n) is 4.97. The van der Waals surface area contributed by atoms with E-state index in [4.69, 9.17) is 4.74 Å². The van der Waals surface area contributed by atoms with Crippen molar-refractivity contribution in [3.05, 3.63) is 29.3 Å². The average Bonchev–Trinajstić information content (AvgIpc) is 2.76. The normalized spacial score (nSPS) is 25.9. The van der Waals surface area contributed by atoms with Crippen molar-refractivity contribution < 1.29 is 22.7 Å². The van der Waals surface area contributed by atoms with Gasteiger partial charge in [0.1, 0.15) is 0 Å². The molecule has 7 nitrogen and oxygen atoms in total. The molecular weight excluding hydrogens is 440 g/mol. The zero-order chi connectivity index (χ0) is 24.3. The summed E-state index contributed by atoms with van der Waals surface area (Å²) in [6, 6.07) is 5.42. The first-order valence-corrected chi connectivity index (χ1v) is 13.5. The molecule has 1 heterocycles. The predicted octanol–water partition coefficient (Wildman–Crippen LogP) is 3.58. The Bertz CT molecular complexity index is 969. The van der Waals surface area contributed by atoms with Gasteiger partial charge in [-0.05, 0) is 63.5 Å². The van der Waals surface area contributed by atoms with Gasteiger partial charge >= 0.3 is 5.97 Å². The molecule has 1 saturated carbocycles. The summed E-state index contributed by atoms with van der Waals surface area (Å²) in [7, 11) is -3.60. The van der Waals surface area contributed by atoms with E-state index in [-0.39, 0.29) is 25.0 Å². The summed E-state index contributed by atoms with van der Waals surface area (Å²) in [5, 5.41) is 3.06. The van der Waals surface area contributed by atoms with Gasteiger partial charge in [0.25, 0.3) is 5.91 Å². The third kappa shape index (κ3) is 5.96. The van der Waals surface area contributed by atoms with Crippen LogP contribution in [-0.2, 0) is 24.3 Å². The molecule has 1 aliphatic heterocycles. The summed E-state index contributed by atoms with van der Waals surface area (Å²) in [6.07, 6.45) is 3.12. The van der Waals surface area contributed by atoms with Crippen molar-refractivity contribution in [1.82, 2.24) is 9.62 Å². The molecule has 8 heteroatoms. The minimum Gasteiger partial charge on any atom is -0.452 e. The first-order valence-electron chi connectivity index (χ1n) is 12.1. The van der Waals surface area contributed by atoms with Crippen molar-refractivity contribution in [3.63, 3.8) is 0 Å². The third-order valence-corrected chi connectivity index (χ3v) is 9.49. The maximum atomic E-state index is 13.1. The number of hydrogen-bond donors (Lipinski definition) is 1. The van der Waals surface area contributed by atoms with Crippen molar-refractivity contribution in [2.75, 3.05) is 13.1 Å². The standard InChI is InChI=1S/C25H38N2O5S/c1-16-9-10-23(18(3)15-16)33(30,31)27-13-11-21(12-14-27)25(29)32-20(5)24(28)26-22-8-6-7-17(2)19(22)4/h9-10,15,17,19-22H,6-8,11-14H2,1-5H3,(H,26,28)/t17-,19-,20-,22-/m0/s1.